The van der Waals surface area contributed by atoms with E-state index in [1.807, 2.05) is 0 Å². The van der Waals surface area contributed by atoms with Gasteiger partial charge in [-0.1, -0.05) is 34.7 Å². The van der Waals surface area contributed by atoms with Gasteiger partial charge < -0.3 is 27.2 Å². The Hall–Kier alpha value is -2.90. The molecule has 41 heavy (non-hydrogen) atoms. The van der Waals surface area contributed by atoms with E-state index in [4.69, 9.17) is 23.1 Å². The van der Waals surface area contributed by atoms with Gasteiger partial charge in [0.25, 0.3) is 11.8 Å². The molecule has 3 amide bonds. The average Bonchev–Trinajstić information content (AvgIpc) is 3.29. The fourth-order valence-corrected chi connectivity index (χ4v) is 8.36. The Labute approximate surface area is 254 Å². The number of carboxylic acid groups (broad SMARTS) is 1. The molecule has 2 aliphatic rings. The molecular weight excluding hydrogens is 636 g/mol. The maximum atomic E-state index is 13.1. The lowest BCUT2D eigenvalue weighted by Crippen LogP contribution is -2.70. The fourth-order valence-electron chi connectivity index (χ4n) is 3.89. The van der Waals surface area contributed by atoms with Gasteiger partial charge in [-0.05, 0) is 16.8 Å². The summed E-state index contributed by atoms with van der Waals surface area (Å²) in [5.74, 6) is -1.58. The lowest BCUT2D eigenvalue weighted by Gasteiger charge is -2.49. The van der Waals surface area contributed by atoms with Crippen LogP contribution in [0.5, 0.6) is 0 Å². The van der Waals surface area contributed by atoms with E-state index in [-0.39, 0.29) is 39.1 Å². The van der Waals surface area contributed by atoms with Crippen LogP contribution in [0.4, 0.5) is 5.13 Å². The lowest BCUT2D eigenvalue weighted by molar-refractivity contribution is -0.150. The number of nitrogen functional groups attached to an aromatic ring is 1. The van der Waals surface area contributed by atoms with Gasteiger partial charge in [0.05, 0.1) is 6.54 Å². The van der Waals surface area contributed by atoms with Crippen LogP contribution in [-0.2, 0) is 24.9 Å². The number of nitrogens with zero attached hydrogens (tertiary/aromatic N) is 4. The number of hydrogen-bond donors (Lipinski definition) is 5. The minimum atomic E-state index is -1.62. The van der Waals surface area contributed by atoms with Crippen molar-refractivity contribution in [3.8, 4) is 0 Å². The highest BCUT2D eigenvalue weighted by atomic mass is 35.5. The Morgan fingerprint density at radius 1 is 1.37 bits per heavy atom. The van der Waals surface area contributed by atoms with E-state index in [0.29, 0.717) is 23.0 Å². The van der Waals surface area contributed by atoms with Crippen LogP contribution in [0.15, 0.2) is 39.1 Å². The molecule has 0 aliphatic carbocycles. The summed E-state index contributed by atoms with van der Waals surface area (Å²) in [6, 6.07) is -0.920. The Bertz CT molecular complexity index is 1410. The summed E-state index contributed by atoms with van der Waals surface area (Å²) in [7, 11) is 0. The summed E-state index contributed by atoms with van der Waals surface area (Å²) in [5.41, 5.74) is 11.5. The first-order valence-electron chi connectivity index (χ1n) is 11.8. The predicted molar refractivity (Wildman–Crippen MR) is 158 cm³/mol. The summed E-state index contributed by atoms with van der Waals surface area (Å²) in [6.45, 7) is 0.382. The highest BCUT2D eigenvalue weighted by Crippen LogP contribution is 2.46. The Kier molecular flexibility index (Phi) is 10.5. The molecule has 0 saturated carbocycles. The molecule has 14 nitrogen and oxygen atoms in total. The van der Waals surface area contributed by atoms with Gasteiger partial charge in [0.2, 0.25) is 11.9 Å². The minimum absolute atomic E-state index is 0.0286. The first-order chi connectivity index (χ1) is 19.7. The van der Waals surface area contributed by atoms with E-state index in [2.05, 4.69) is 25.8 Å². The van der Waals surface area contributed by atoms with Crippen LogP contribution in [0.1, 0.15) is 17.3 Å². The number of nitroso groups, excluding NO2 is 1. The second-order valence-corrected chi connectivity index (χ2v) is 13.4. The van der Waals surface area contributed by atoms with E-state index < -0.39 is 35.2 Å². The van der Waals surface area contributed by atoms with E-state index >= 15 is 0 Å². The van der Waals surface area contributed by atoms with Gasteiger partial charge in [-0.2, -0.15) is 11.8 Å². The SMILES string of the molecule is NCC(=O)NCCSCc1cnccc1SC1=C(C(=O)O)N2C(=O)[C@@H](NC(=O)C(N=O)c3nc(N)sc3Cl)[C@@H]2SC1. The van der Waals surface area contributed by atoms with Crippen molar-refractivity contribution in [1.82, 2.24) is 25.5 Å². The molecule has 3 atom stereocenters. The van der Waals surface area contributed by atoms with Crippen molar-refractivity contribution in [2.24, 2.45) is 10.9 Å². The smallest absolute Gasteiger partial charge is 0.353 e. The number of halogens is 1. The number of nitrogens with two attached hydrogens (primary N) is 2. The van der Waals surface area contributed by atoms with Gasteiger partial charge in [0, 0.05) is 46.0 Å². The number of pyridine rings is 1. The molecule has 0 aromatic carbocycles. The van der Waals surface area contributed by atoms with E-state index in [9.17, 15) is 29.2 Å². The fraction of sp³-hybridized carbons (Fsp3) is 0.364. The standard InChI is InChI=1S/C22H23ClN8O6S4/c23-17-13(29-22(25)41-17)14(30-37)18(33)28-15-19(34)31-16(21(35)36)11(8-39-20(15)31)40-10-1-2-26-6-9(10)7-38-4-3-27-12(32)5-24/h1-2,6,14-15,20H,3-5,7-8,24H2,(H2,25,29)(H,27,32)(H,28,33)(H,35,36)/t14?,15-,20+/m1/s1. The van der Waals surface area contributed by atoms with Crippen molar-refractivity contribution in [2.45, 2.75) is 28.1 Å². The van der Waals surface area contributed by atoms with E-state index in [1.54, 1.807) is 30.2 Å². The Morgan fingerprint density at radius 2 is 2.15 bits per heavy atom. The van der Waals surface area contributed by atoms with Crippen molar-refractivity contribution in [1.29, 1.82) is 0 Å². The molecule has 1 fully saturated rings. The summed E-state index contributed by atoms with van der Waals surface area (Å²) >= 11 is 11.0. The molecule has 0 bridgehead atoms. The number of amides is 3. The van der Waals surface area contributed by atoms with Crippen LogP contribution in [-0.4, -0.2) is 79.7 Å². The molecule has 19 heteroatoms. The number of thiazole rings is 1. The number of thioether (sulfide) groups is 3. The van der Waals surface area contributed by atoms with Crippen LogP contribution >= 0.6 is 58.2 Å². The lowest BCUT2D eigenvalue weighted by atomic mass is 10.0. The number of aliphatic carboxylic acids is 1. The first-order valence-corrected chi connectivity index (χ1v) is 16.0. The molecule has 4 rings (SSSR count). The third-order valence-electron chi connectivity index (χ3n) is 5.78. The average molecular weight is 659 g/mol. The number of carbonyl (C=O) groups is 4. The van der Waals surface area contributed by atoms with Crippen molar-refractivity contribution < 1.29 is 24.3 Å². The summed E-state index contributed by atoms with van der Waals surface area (Å²) < 4.78 is 0.0286. The molecular formula is C22H23ClN8O6S4. The van der Waals surface area contributed by atoms with Gasteiger partial charge in [-0.3, -0.25) is 24.3 Å². The van der Waals surface area contributed by atoms with Gasteiger partial charge in [0.1, 0.15) is 27.1 Å². The maximum Gasteiger partial charge on any atom is 0.353 e. The molecule has 7 N–H and O–H groups in total. The van der Waals surface area contributed by atoms with Crippen LogP contribution < -0.4 is 22.1 Å². The van der Waals surface area contributed by atoms with Gasteiger partial charge in [0.15, 0.2) is 5.13 Å². The number of carboxylic acids is 1. The van der Waals surface area contributed by atoms with Crippen LogP contribution in [0.3, 0.4) is 0 Å². The Balaban J connectivity index is 1.45. The second-order valence-electron chi connectivity index (χ2n) is 8.38. The zero-order chi connectivity index (χ0) is 29.7. The third-order valence-corrected chi connectivity index (χ3v) is 10.6. The molecule has 2 aliphatic heterocycles. The van der Waals surface area contributed by atoms with Gasteiger partial charge in [-0.25, -0.2) is 9.78 Å². The van der Waals surface area contributed by atoms with Crippen molar-refractivity contribution >= 4 is 87.0 Å². The highest BCUT2D eigenvalue weighted by molar-refractivity contribution is 8.06. The maximum absolute atomic E-state index is 13.1. The number of anilines is 1. The minimum Gasteiger partial charge on any atom is -0.477 e. The molecule has 1 unspecified atom stereocenters. The zero-order valence-corrected chi connectivity index (χ0v) is 25.0. The highest BCUT2D eigenvalue weighted by Gasteiger charge is 2.55. The molecule has 1 saturated heterocycles. The molecule has 2 aromatic heterocycles. The number of nitrogens with one attached hydrogen (secondary N) is 2. The van der Waals surface area contributed by atoms with Crippen molar-refractivity contribution in [3.63, 3.8) is 0 Å². The molecule has 218 valence electrons. The second kappa shape index (κ2) is 13.8. The number of carbonyl (C=O) groups excluding carboxylic acids is 3. The first kappa shape index (κ1) is 31.0. The van der Waals surface area contributed by atoms with E-state index in [1.165, 1.54) is 23.5 Å². The number of hydrogen-bond acceptors (Lipinski definition) is 14. The van der Waals surface area contributed by atoms with Crippen LogP contribution in [0.2, 0.25) is 4.34 Å². The molecule has 0 spiro atoms. The van der Waals surface area contributed by atoms with Crippen molar-refractivity contribution in [2.75, 3.05) is 30.3 Å². The molecule has 2 aromatic rings. The summed E-state index contributed by atoms with van der Waals surface area (Å²) in [4.78, 5) is 71.3. The number of rotatable bonds is 13. The summed E-state index contributed by atoms with van der Waals surface area (Å²) in [5, 5.41) is 17.4. The van der Waals surface area contributed by atoms with Gasteiger partial charge in [-0.15, -0.1) is 16.7 Å². The number of aromatic nitrogens is 2. The topological polar surface area (TPSA) is 223 Å². The van der Waals surface area contributed by atoms with Gasteiger partial charge >= 0.3 is 5.97 Å². The van der Waals surface area contributed by atoms with Crippen LogP contribution in [0, 0.1) is 4.91 Å². The number of fused-ring (bicyclic) bond motifs is 1. The van der Waals surface area contributed by atoms with Crippen LogP contribution in [0.25, 0.3) is 0 Å². The largest absolute Gasteiger partial charge is 0.477 e. The number of β-lactam (4-membered cyclic amide) rings is 1. The third kappa shape index (κ3) is 6.95. The quantitative estimate of drug-likeness (QED) is 0.117. The summed E-state index contributed by atoms with van der Waals surface area (Å²) in [6.07, 6.45) is 3.28. The molecule has 4 heterocycles. The monoisotopic (exact) mass is 658 g/mol. The normalized spacial score (nSPS) is 18.8. The predicted octanol–water partition coefficient (Wildman–Crippen LogP) is 1.38. The van der Waals surface area contributed by atoms with Crippen molar-refractivity contribution in [3.05, 3.63) is 49.6 Å². The zero-order valence-electron chi connectivity index (χ0n) is 20.9. The molecule has 0 radical (unpaired) electrons. The van der Waals surface area contributed by atoms with E-state index in [0.717, 1.165) is 26.7 Å². The Morgan fingerprint density at radius 3 is 2.80 bits per heavy atom.